The van der Waals surface area contributed by atoms with Crippen LogP contribution in [-0.2, 0) is 16.8 Å². The minimum absolute atomic E-state index is 0.0915. The van der Waals surface area contributed by atoms with Crippen LogP contribution in [0.25, 0.3) is 21.8 Å². The monoisotopic (exact) mass is 464 g/mol. The number of nitrogens with zero attached hydrogens (tertiary/aromatic N) is 2. The van der Waals surface area contributed by atoms with Crippen molar-refractivity contribution in [1.82, 2.24) is 4.57 Å². The fourth-order valence-corrected chi connectivity index (χ4v) is 5.91. The molecule has 0 saturated heterocycles. The molecule has 1 unspecified atom stereocenters. The van der Waals surface area contributed by atoms with Crippen molar-refractivity contribution in [1.29, 1.82) is 0 Å². The van der Waals surface area contributed by atoms with Crippen molar-refractivity contribution in [3.05, 3.63) is 113 Å². The van der Waals surface area contributed by atoms with E-state index in [1.54, 1.807) is 0 Å². The number of carbonyl (C=O) groups excluding carboxylic acids is 1. The van der Waals surface area contributed by atoms with Gasteiger partial charge in [0, 0.05) is 28.0 Å². The Morgan fingerprint density at radius 1 is 0.853 bits per heavy atom. The SMILES string of the molecule is CCC(C(=O)N1CCc2cc(Cl)ccc21)(c1ccccc1)n1c2ccccc2c2ccccc21. The van der Waals surface area contributed by atoms with Crippen LogP contribution in [0.4, 0.5) is 5.69 Å². The highest BCUT2D eigenvalue weighted by Crippen LogP contribution is 2.43. The van der Waals surface area contributed by atoms with E-state index in [2.05, 4.69) is 72.2 Å². The molecule has 0 bridgehead atoms. The summed E-state index contributed by atoms with van der Waals surface area (Å²) < 4.78 is 2.28. The predicted octanol–water partition coefficient (Wildman–Crippen LogP) is 7.19. The molecule has 1 amide bonds. The predicted molar refractivity (Wildman–Crippen MR) is 141 cm³/mol. The van der Waals surface area contributed by atoms with Gasteiger partial charge >= 0.3 is 0 Å². The highest BCUT2D eigenvalue weighted by Gasteiger charge is 2.46. The van der Waals surface area contributed by atoms with Gasteiger partial charge in [-0.3, -0.25) is 4.79 Å². The number of rotatable bonds is 4. The lowest BCUT2D eigenvalue weighted by Gasteiger charge is -2.38. The molecule has 4 aromatic carbocycles. The summed E-state index contributed by atoms with van der Waals surface area (Å²) in [6.07, 6.45) is 1.43. The molecule has 0 aliphatic carbocycles. The van der Waals surface area contributed by atoms with Crippen LogP contribution in [0.1, 0.15) is 24.5 Å². The molecule has 1 aromatic heterocycles. The van der Waals surface area contributed by atoms with Crippen LogP contribution in [0.15, 0.2) is 97.1 Å². The maximum Gasteiger partial charge on any atom is 0.257 e. The Kier molecular flexibility index (Phi) is 4.96. The third kappa shape index (κ3) is 2.93. The Morgan fingerprint density at radius 3 is 2.12 bits per heavy atom. The van der Waals surface area contributed by atoms with Crippen molar-refractivity contribution in [3.8, 4) is 0 Å². The number of amides is 1. The van der Waals surface area contributed by atoms with Crippen molar-refractivity contribution in [2.75, 3.05) is 11.4 Å². The number of hydrogen-bond donors (Lipinski definition) is 0. The Labute approximate surface area is 204 Å². The van der Waals surface area contributed by atoms with Crippen LogP contribution < -0.4 is 4.90 Å². The fourth-order valence-electron chi connectivity index (χ4n) is 5.71. The van der Waals surface area contributed by atoms with E-state index in [1.165, 1.54) is 0 Å². The smallest absolute Gasteiger partial charge is 0.257 e. The first-order chi connectivity index (χ1) is 16.6. The Bertz CT molecular complexity index is 1480. The van der Waals surface area contributed by atoms with Gasteiger partial charge in [-0.2, -0.15) is 0 Å². The van der Waals surface area contributed by atoms with E-state index in [-0.39, 0.29) is 5.91 Å². The third-order valence-electron chi connectivity index (χ3n) is 7.26. The zero-order valence-corrected chi connectivity index (χ0v) is 19.8. The molecule has 0 fully saturated rings. The van der Waals surface area contributed by atoms with Crippen molar-refractivity contribution in [3.63, 3.8) is 0 Å². The minimum atomic E-state index is -0.898. The normalized spacial score (nSPS) is 14.9. The molecule has 0 N–H and O–H groups in total. The number of para-hydroxylation sites is 2. The summed E-state index contributed by atoms with van der Waals surface area (Å²) in [5, 5.41) is 3.03. The maximum absolute atomic E-state index is 14.8. The number of benzene rings is 4. The first-order valence-electron chi connectivity index (χ1n) is 11.8. The van der Waals surface area contributed by atoms with Crippen LogP contribution in [0.2, 0.25) is 5.02 Å². The van der Waals surface area contributed by atoms with Gasteiger partial charge in [-0.05, 0) is 54.3 Å². The van der Waals surface area contributed by atoms with Crippen LogP contribution in [0.5, 0.6) is 0 Å². The van der Waals surface area contributed by atoms with Crippen molar-refractivity contribution >= 4 is 45.0 Å². The summed E-state index contributed by atoms with van der Waals surface area (Å²) in [4.78, 5) is 16.8. The van der Waals surface area contributed by atoms with Gasteiger partial charge in [-0.15, -0.1) is 0 Å². The van der Waals surface area contributed by atoms with Gasteiger partial charge in [0.05, 0.1) is 11.0 Å². The van der Waals surface area contributed by atoms with E-state index in [0.29, 0.717) is 18.0 Å². The molecule has 1 atom stereocenters. The topological polar surface area (TPSA) is 25.2 Å². The average molecular weight is 465 g/mol. The Morgan fingerprint density at radius 2 is 1.47 bits per heavy atom. The summed E-state index contributed by atoms with van der Waals surface area (Å²) in [6, 6.07) is 32.9. The van der Waals surface area contributed by atoms with Crippen molar-refractivity contribution in [2.24, 2.45) is 0 Å². The molecule has 168 valence electrons. The Balaban J connectivity index is 1.68. The highest BCUT2D eigenvalue weighted by molar-refractivity contribution is 6.30. The molecule has 34 heavy (non-hydrogen) atoms. The lowest BCUT2D eigenvalue weighted by molar-refractivity contribution is -0.125. The van der Waals surface area contributed by atoms with Gasteiger partial charge in [0.25, 0.3) is 5.91 Å². The quantitative estimate of drug-likeness (QED) is 0.276. The van der Waals surface area contributed by atoms with Crippen LogP contribution in [0, 0.1) is 0 Å². The largest absolute Gasteiger partial charge is 0.321 e. The molecule has 1 aliphatic heterocycles. The van der Waals surface area contributed by atoms with Gasteiger partial charge in [-0.1, -0.05) is 85.3 Å². The van der Waals surface area contributed by atoms with Gasteiger partial charge < -0.3 is 9.47 Å². The molecule has 1 aliphatic rings. The molecule has 6 rings (SSSR count). The van der Waals surface area contributed by atoms with E-state index in [1.807, 2.05) is 41.3 Å². The second-order valence-corrected chi connectivity index (χ2v) is 9.37. The molecule has 2 heterocycles. The molecular weight excluding hydrogens is 440 g/mol. The van der Waals surface area contributed by atoms with Gasteiger partial charge in [-0.25, -0.2) is 0 Å². The van der Waals surface area contributed by atoms with E-state index in [4.69, 9.17) is 11.6 Å². The third-order valence-corrected chi connectivity index (χ3v) is 7.50. The molecule has 4 heteroatoms. The number of halogens is 1. The molecule has 0 radical (unpaired) electrons. The first kappa shape index (κ1) is 21.0. The van der Waals surface area contributed by atoms with Crippen LogP contribution in [-0.4, -0.2) is 17.0 Å². The van der Waals surface area contributed by atoms with E-state index < -0.39 is 5.54 Å². The second-order valence-electron chi connectivity index (χ2n) is 8.93. The lowest BCUT2D eigenvalue weighted by atomic mass is 9.84. The zero-order valence-electron chi connectivity index (χ0n) is 19.0. The zero-order chi connectivity index (χ0) is 23.3. The Hall–Kier alpha value is -3.56. The maximum atomic E-state index is 14.8. The molecule has 0 spiro atoms. The first-order valence-corrected chi connectivity index (χ1v) is 12.2. The van der Waals surface area contributed by atoms with E-state index >= 15 is 0 Å². The van der Waals surface area contributed by atoms with Gasteiger partial charge in [0.1, 0.15) is 5.54 Å². The van der Waals surface area contributed by atoms with Crippen LogP contribution in [0.3, 0.4) is 0 Å². The highest BCUT2D eigenvalue weighted by atomic mass is 35.5. The summed E-state index contributed by atoms with van der Waals surface area (Å²) in [5.41, 5.74) is 4.32. The van der Waals surface area contributed by atoms with Crippen molar-refractivity contribution < 1.29 is 4.79 Å². The summed E-state index contributed by atoms with van der Waals surface area (Å²) in [6.45, 7) is 2.77. The summed E-state index contributed by atoms with van der Waals surface area (Å²) in [5.74, 6) is 0.0915. The average Bonchev–Trinajstić information content (AvgIpc) is 3.45. The second kappa shape index (κ2) is 8.03. The number of anilines is 1. The summed E-state index contributed by atoms with van der Waals surface area (Å²) in [7, 11) is 0. The summed E-state index contributed by atoms with van der Waals surface area (Å²) >= 11 is 6.27. The number of hydrogen-bond acceptors (Lipinski definition) is 1. The van der Waals surface area contributed by atoms with Crippen molar-refractivity contribution in [2.45, 2.75) is 25.3 Å². The van der Waals surface area contributed by atoms with Gasteiger partial charge in [0.15, 0.2) is 0 Å². The molecule has 0 saturated carbocycles. The number of carbonyl (C=O) groups is 1. The minimum Gasteiger partial charge on any atom is -0.321 e. The van der Waals surface area contributed by atoms with E-state index in [0.717, 1.165) is 45.0 Å². The fraction of sp³-hybridized carbons (Fsp3) is 0.167. The molecule has 3 nitrogen and oxygen atoms in total. The number of fused-ring (bicyclic) bond motifs is 4. The molecule has 5 aromatic rings. The molecular formula is C30H25ClN2O. The van der Waals surface area contributed by atoms with Gasteiger partial charge in [0.2, 0.25) is 0 Å². The van der Waals surface area contributed by atoms with E-state index in [9.17, 15) is 4.79 Å². The number of aromatic nitrogens is 1. The lowest BCUT2D eigenvalue weighted by Crippen LogP contribution is -2.51. The standard InChI is InChI=1S/C30H25ClN2O/c1-2-30(22-10-4-3-5-11-22,29(34)32-19-18-21-20-23(31)16-17-26(21)32)33-27-14-8-6-12-24(27)25-13-7-9-15-28(25)33/h3-17,20H,2,18-19H2,1H3. The van der Waals surface area contributed by atoms with Crippen LogP contribution >= 0.6 is 11.6 Å².